The van der Waals surface area contributed by atoms with Gasteiger partial charge in [0.1, 0.15) is 0 Å². The first-order valence-electron chi connectivity index (χ1n) is 5.48. The van der Waals surface area contributed by atoms with Crippen molar-refractivity contribution in [2.45, 2.75) is 32.2 Å². The number of rotatable bonds is 3. The number of piperidine rings is 1. The molecular weight excluding hydrogens is 178 g/mol. The molecule has 1 rings (SSSR count). The van der Waals surface area contributed by atoms with Crippen molar-refractivity contribution in [3.05, 3.63) is 0 Å². The number of nitrogens with zero attached hydrogens (tertiary/aromatic N) is 1. The Labute approximate surface area is 86.0 Å². The molecule has 0 bridgehead atoms. The van der Waals surface area contributed by atoms with E-state index in [2.05, 4.69) is 17.6 Å². The molecule has 0 spiro atoms. The van der Waals surface area contributed by atoms with Crippen molar-refractivity contribution in [3.63, 3.8) is 0 Å². The number of carbonyl (C=O) groups excluding carboxylic acids is 1. The third kappa shape index (κ3) is 3.18. The van der Waals surface area contributed by atoms with Gasteiger partial charge in [-0.1, -0.05) is 6.92 Å². The first kappa shape index (κ1) is 11.3. The molecule has 2 amide bonds. The van der Waals surface area contributed by atoms with Crippen LogP contribution < -0.4 is 10.6 Å². The Balaban J connectivity index is 2.23. The standard InChI is InChI=1S/C10H21N3O/c1-3-6-12-10(14)13-7-4-9(11-2)5-8-13/h9,11H,3-8H2,1-2H3,(H,12,14). The lowest BCUT2D eigenvalue weighted by molar-refractivity contribution is 0.178. The van der Waals surface area contributed by atoms with Gasteiger partial charge in [-0.25, -0.2) is 4.79 Å². The minimum atomic E-state index is 0.0985. The number of urea groups is 1. The highest BCUT2D eigenvalue weighted by Crippen LogP contribution is 2.09. The van der Waals surface area contributed by atoms with E-state index < -0.39 is 0 Å². The van der Waals surface area contributed by atoms with Gasteiger partial charge in [0.05, 0.1) is 0 Å². The van der Waals surface area contributed by atoms with Crippen molar-refractivity contribution >= 4 is 6.03 Å². The first-order valence-corrected chi connectivity index (χ1v) is 5.48. The fourth-order valence-electron chi connectivity index (χ4n) is 1.71. The second-order valence-electron chi connectivity index (χ2n) is 3.78. The fraction of sp³-hybridized carbons (Fsp3) is 0.900. The lowest BCUT2D eigenvalue weighted by Gasteiger charge is -2.31. The number of carbonyl (C=O) groups is 1. The van der Waals surface area contributed by atoms with Crippen LogP contribution >= 0.6 is 0 Å². The normalized spacial score (nSPS) is 18.3. The Bertz CT molecular complexity index is 176. The van der Waals surface area contributed by atoms with E-state index >= 15 is 0 Å². The maximum atomic E-state index is 11.5. The highest BCUT2D eigenvalue weighted by Gasteiger charge is 2.20. The van der Waals surface area contributed by atoms with E-state index in [1.807, 2.05) is 11.9 Å². The van der Waals surface area contributed by atoms with Crippen molar-refractivity contribution in [1.82, 2.24) is 15.5 Å². The SMILES string of the molecule is CCCNC(=O)N1CCC(NC)CC1. The lowest BCUT2D eigenvalue weighted by atomic mass is 10.1. The number of hydrogen-bond acceptors (Lipinski definition) is 2. The predicted octanol–water partition coefficient (Wildman–Crippen LogP) is 0.790. The van der Waals surface area contributed by atoms with Gasteiger partial charge in [0.2, 0.25) is 0 Å². The van der Waals surface area contributed by atoms with Gasteiger partial charge >= 0.3 is 6.03 Å². The largest absolute Gasteiger partial charge is 0.338 e. The molecular formula is C10H21N3O. The molecule has 1 saturated heterocycles. The monoisotopic (exact) mass is 199 g/mol. The molecule has 2 N–H and O–H groups in total. The average molecular weight is 199 g/mol. The Kier molecular flexibility index (Phi) is 4.73. The molecule has 4 nitrogen and oxygen atoms in total. The van der Waals surface area contributed by atoms with Crippen LogP contribution in [-0.2, 0) is 0 Å². The molecule has 0 aliphatic carbocycles. The molecule has 0 aromatic rings. The summed E-state index contributed by atoms with van der Waals surface area (Å²) in [6.45, 7) is 4.60. The zero-order chi connectivity index (χ0) is 10.4. The van der Waals surface area contributed by atoms with Crippen LogP contribution in [-0.4, -0.2) is 43.7 Å². The Morgan fingerprint density at radius 3 is 2.57 bits per heavy atom. The summed E-state index contributed by atoms with van der Waals surface area (Å²) in [5.41, 5.74) is 0. The molecule has 0 radical (unpaired) electrons. The van der Waals surface area contributed by atoms with Crippen molar-refractivity contribution in [3.8, 4) is 0 Å². The second kappa shape index (κ2) is 5.86. The van der Waals surface area contributed by atoms with E-state index in [1.54, 1.807) is 0 Å². The van der Waals surface area contributed by atoms with E-state index in [0.29, 0.717) is 6.04 Å². The summed E-state index contributed by atoms with van der Waals surface area (Å²) in [6, 6.07) is 0.687. The summed E-state index contributed by atoms with van der Waals surface area (Å²) in [7, 11) is 1.98. The summed E-state index contributed by atoms with van der Waals surface area (Å²) in [6.07, 6.45) is 3.13. The van der Waals surface area contributed by atoms with Crippen molar-refractivity contribution < 1.29 is 4.79 Å². The van der Waals surface area contributed by atoms with Crippen LogP contribution in [0.5, 0.6) is 0 Å². The summed E-state index contributed by atoms with van der Waals surface area (Å²) < 4.78 is 0. The minimum absolute atomic E-state index is 0.0985. The Morgan fingerprint density at radius 2 is 2.07 bits per heavy atom. The Hall–Kier alpha value is -0.770. The van der Waals surface area contributed by atoms with E-state index in [1.165, 1.54) is 0 Å². The van der Waals surface area contributed by atoms with Gasteiger partial charge in [-0.15, -0.1) is 0 Å². The van der Waals surface area contributed by atoms with Crippen molar-refractivity contribution in [2.24, 2.45) is 0 Å². The molecule has 1 aliphatic rings. The summed E-state index contributed by atoms with van der Waals surface area (Å²) in [5, 5.41) is 6.15. The third-order valence-corrected chi connectivity index (χ3v) is 2.72. The highest BCUT2D eigenvalue weighted by atomic mass is 16.2. The smallest absolute Gasteiger partial charge is 0.317 e. The van der Waals surface area contributed by atoms with Gasteiger partial charge in [-0.05, 0) is 26.3 Å². The lowest BCUT2D eigenvalue weighted by Crippen LogP contribution is -2.47. The van der Waals surface area contributed by atoms with Gasteiger partial charge in [0.15, 0.2) is 0 Å². The second-order valence-corrected chi connectivity index (χ2v) is 3.78. The van der Waals surface area contributed by atoms with Crippen LogP contribution in [0.15, 0.2) is 0 Å². The van der Waals surface area contributed by atoms with E-state index in [-0.39, 0.29) is 6.03 Å². The average Bonchev–Trinajstić information content (AvgIpc) is 2.26. The van der Waals surface area contributed by atoms with Gasteiger partial charge in [0.25, 0.3) is 0 Å². The van der Waals surface area contributed by atoms with Crippen LogP contribution in [0.25, 0.3) is 0 Å². The highest BCUT2D eigenvalue weighted by molar-refractivity contribution is 5.74. The van der Waals surface area contributed by atoms with E-state index in [0.717, 1.165) is 38.9 Å². The van der Waals surface area contributed by atoms with Gasteiger partial charge in [-0.3, -0.25) is 0 Å². The molecule has 1 fully saturated rings. The summed E-state index contributed by atoms with van der Waals surface area (Å²) in [5.74, 6) is 0. The number of nitrogens with one attached hydrogen (secondary N) is 2. The molecule has 0 aromatic carbocycles. The maximum Gasteiger partial charge on any atom is 0.317 e. The molecule has 1 heterocycles. The molecule has 0 atom stereocenters. The van der Waals surface area contributed by atoms with Crippen LogP contribution in [0.3, 0.4) is 0 Å². The van der Waals surface area contributed by atoms with E-state index in [4.69, 9.17) is 0 Å². The number of likely N-dealkylation sites (tertiary alicyclic amines) is 1. The van der Waals surface area contributed by atoms with Crippen LogP contribution in [0.2, 0.25) is 0 Å². The summed E-state index contributed by atoms with van der Waals surface area (Å²) >= 11 is 0. The topological polar surface area (TPSA) is 44.4 Å². The molecule has 0 unspecified atom stereocenters. The predicted molar refractivity (Wildman–Crippen MR) is 57.3 cm³/mol. The third-order valence-electron chi connectivity index (χ3n) is 2.72. The molecule has 0 saturated carbocycles. The molecule has 0 aromatic heterocycles. The quantitative estimate of drug-likeness (QED) is 0.706. The fourth-order valence-corrected chi connectivity index (χ4v) is 1.71. The zero-order valence-electron chi connectivity index (χ0n) is 9.18. The summed E-state index contributed by atoms with van der Waals surface area (Å²) in [4.78, 5) is 13.5. The van der Waals surface area contributed by atoms with Crippen molar-refractivity contribution in [1.29, 1.82) is 0 Å². The molecule has 4 heteroatoms. The van der Waals surface area contributed by atoms with E-state index in [9.17, 15) is 4.79 Å². The van der Waals surface area contributed by atoms with Gasteiger partial charge in [0, 0.05) is 25.7 Å². The van der Waals surface area contributed by atoms with Crippen LogP contribution in [0.1, 0.15) is 26.2 Å². The van der Waals surface area contributed by atoms with Crippen LogP contribution in [0, 0.1) is 0 Å². The number of hydrogen-bond donors (Lipinski definition) is 2. The maximum absolute atomic E-state index is 11.5. The minimum Gasteiger partial charge on any atom is -0.338 e. The molecule has 1 aliphatic heterocycles. The number of amides is 2. The van der Waals surface area contributed by atoms with Gasteiger partial charge < -0.3 is 15.5 Å². The van der Waals surface area contributed by atoms with Crippen molar-refractivity contribution in [2.75, 3.05) is 26.7 Å². The van der Waals surface area contributed by atoms with Crippen LogP contribution in [0.4, 0.5) is 4.79 Å². The molecule has 14 heavy (non-hydrogen) atoms. The van der Waals surface area contributed by atoms with Gasteiger partial charge in [-0.2, -0.15) is 0 Å². The molecule has 82 valence electrons. The Morgan fingerprint density at radius 1 is 1.43 bits per heavy atom. The first-order chi connectivity index (χ1) is 6.77. The zero-order valence-corrected chi connectivity index (χ0v) is 9.18.